The minimum Gasteiger partial charge on any atom is -0.465 e. The van der Waals surface area contributed by atoms with Gasteiger partial charge in [0.25, 0.3) is 10.0 Å². The second-order valence-electron chi connectivity index (χ2n) is 7.09. The average Bonchev–Trinajstić information content (AvgIpc) is 3.08. The van der Waals surface area contributed by atoms with Gasteiger partial charge in [-0.1, -0.05) is 11.6 Å². The lowest BCUT2D eigenvalue weighted by atomic mass is 9.97. The van der Waals surface area contributed by atoms with Crippen LogP contribution in [0.3, 0.4) is 0 Å². The molecule has 2 heterocycles. The van der Waals surface area contributed by atoms with E-state index in [1.165, 1.54) is 35.8 Å². The number of carbonyl (C=O) groups is 2. The van der Waals surface area contributed by atoms with Crippen molar-refractivity contribution in [3.05, 3.63) is 40.8 Å². The summed E-state index contributed by atoms with van der Waals surface area (Å²) in [5.74, 6) is -0.580. The summed E-state index contributed by atoms with van der Waals surface area (Å²) < 4.78 is 33.2. The molecule has 1 N–H and O–H groups in total. The van der Waals surface area contributed by atoms with E-state index in [9.17, 15) is 18.0 Å². The van der Waals surface area contributed by atoms with E-state index in [2.05, 4.69) is 15.0 Å². The van der Waals surface area contributed by atoms with Gasteiger partial charge in [0.15, 0.2) is 5.03 Å². The van der Waals surface area contributed by atoms with Crippen LogP contribution in [0.5, 0.6) is 0 Å². The number of nitrogens with one attached hydrogen (secondary N) is 1. The second kappa shape index (κ2) is 8.75. The highest BCUT2D eigenvalue weighted by Crippen LogP contribution is 2.27. The molecular formula is C19H23ClN4O5S. The molecule has 30 heavy (non-hydrogen) atoms. The van der Waals surface area contributed by atoms with Gasteiger partial charge in [-0.3, -0.25) is 4.79 Å². The van der Waals surface area contributed by atoms with Crippen molar-refractivity contribution in [1.82, 2.24) is 13.9 Å². The molecule has 3 rings (SSSR count). The number of methoxy groups -OCH3 is 1. The summed E-state index contributed by atoms with van der Waals surface area (Å²) in [5.41, 5.74) is 0.576. The summed E-state index contributed by atoms with van der Waals surface area (Å²) in [6.07, 6.45) is 2.22. The van der Waals surface area contributed by atoms with Crippen molar-refractivity contribution in [2.45, 2.75) is 24.8 Å². The number of aryl methyl sites for hydroxylation is 2. The van der Waals surface area contributed by atoms with Gasteiger partial charge < -0.3 is 14.6 Å². The Morgan fingerprint density at radius 3 is 2.50 bits per heavy atom. The van der Waals surface area contributed by atoms with Crippen LogP contribution in [0.1, 0.15) is 29.0 Å². The first-order valence-corrected chi connectivity index (χ1v) is 11.1. The summed E-state index contributed by atoms with van der Waals surface area (Å²) in [5, 5.41) is 3.04. The Labute approximate surface area is 180 Å². The third-order valence-electron chi connectivity index (χ3n) is 5.16. The molecule has 1 aliphatic rings. The zero-order chi connectivity index (χ0) is 22.1. The normalized spacial score (nSPS) is 15.7. The van der Waals surface area contributed by atoms with Crippen LogP contribution < -0.4 is 5.32 Å². The van der Waals surface area contributed by atoms with E-state index < -0.39 is 16.0 Å². The van der Waals surface area contributed by atoms with Crippen molar-refractivity contribution in [2.24, 2.45) is 13.0 Å². The molecule has 0 atom stereocenters. The van der Waals surface area contributed by atoms with Crippen LogP contribution in [-0.4, -0.2) is 54.3 Å². The quantitative estimate of drug-likeness (QED) is 0.693. The molecule has 0 unspecified atom stereocenters. The SMILES string of the molecule is COC(=O)c1ccc(Cl)c(NC(=O)C2CCN(S(=O)(=O)c3cn(C)c(C)n3)CC2)c1. The Hall–Kier alpha value is -2.43. The molecule has 11 heteroatoms. The molecule has 1 saturated heterocycles. The summed E-state index contributed by atoms with van der Waals surface area (Å²) >= 11 is 6.13. The molecule has 0 aliphatic carbocycles. The molecule has 1 amide bonds. The molecule has 1 aromatic heterocycles. The van der Waals surface area contributed by atoms with Crippen LogP contribution in [0.15, 0.2) is 29.4 Å². The Kier molecular flexibility index (Phi) is 6.49. The lowest BCUT2D eigenvalue weighted by Gasteiger charge is -2.30. The minimum atomic E-state index is -3.70. The molecule has 162 valence electrons. The predicted molar refractivity (Wildman–Crippen MR) is 111 cm³/mol. The van der Waals surface area contributed by atoms with Crippen molar-refractivity contribution in [1.29, 1.82) is 0 Å². The van der Waals surface area contributed by atoms with Gasteiger partial charge in [-0.05, 0) is 38.0 Å². The van der Waals surface area contributed by atoms with Crippen LogP contribution >= 0.6 is 11.6 Å². The molecule has 2 aromatic rings. The number of carbonyl (C=O) groups excluding carboxylic acids is 2. The first kappa shape index (κ1) is 22.3. The highest BCUT2D eigenvalue weighted by molar-refractivity contribution is 7.89. The number of amides is 1. The topological polar surface area (TPSA) is 111 Å². The first-order chi connectivity index (χ1) is 14.1. The summed E-state index contributed by atoms with van der Waals surface area (Å²) in [6, 6.07) is 4.47. The fraction of sp³-hybridized carbons (Fsp3) is 0.421. The van der Waals surface area contributed by atoms with Gasteiger partial charge in [0.05, 0.1) is 23.4 Å². The highest BCUT2D eigenvalue weighted by Gasteiger charge is 2.33. The maximum Gasteiger partial charge on any atom is 0.337 e. The predicted octanol–water partition coefficient (Wildman–Crippen LogP) is 2.21. The third kappa shape index (κ3) is 4.50. The number of imidazole rings is 1. The Balaban J connectivity index is 1.65. The van der Waals surface area contributed by atoms with Crippen molar-refractivity contribution >= 4 is 39.2 Å². The van der Waals surface area contributed by atoms with Crippen molar-refractivity contribution < 1.29 is 22.7 Å². The van der Waals surface area contributed by atoms with Crippen LogP contribution in [0.25, 0.3) is 0 Å². The number of halogens is 1. The first-order valence-electron chi connectivity index (χ1n) is 9.32. The number of ether oxygens (including phenoxy) is 1. The molecule has 1 fully saturated rings. The van der Waals surface area contributed by atoms with Gasteiger partial charge in [0.2, 0.25) is 5.91 Å². The zero-order valence-corrected chi connectivity index (χ0v) is 18.5. The number of piperidine rings is 1. The number of esters is 1. The number of nitrogens with zero attached hydrogens (tertiary/aromatic N) is 3. The minimum absolute atomic E-state index is 0.0109. The number of benzene rings is 1. The molecule has 9 nitrogen and oxygen atoms in total. The molecule has 1 aromatic carbocycles. The smallest absolute Gasteiger partial charge is 0.337 e. The summed E-state index contributed by atoms with van der Waals surface area (Å²) in [4.78, 5) is 28.5. The second-order valence-corrected chi connectivity index (χ2v) is 9.38. The van der Waals surface area contributed by atoms with E-state index in [0.29, 0.717) is 29.4 Å². The number of hydrogen-bond acceptors (Lipinski definition) is 6. The molecule has 1 aliphatic heterocycles. The number of hydrogen-bond donors (Lipinski definition) is 1. The number of rotatable bonds is 5. The van der Waals surface area contributed by atoms with Crippen LogP contribution in [-0.2, 0) is 26.6 Å². The van der Waals surface area contributed by atoms with Crippen molar-refractivity contribution in [3.63, 3.8) is 0 Å². The van der Waals surface area contributed by atoms with Gasteiger partial charge in [-0.25, -0.2) is 18.2 Å². The summed E-state index contributed by atoms with van der Waals surface area (Å²) in [7, 11) is -0.698. The number of sulfonamides is 1. The number of anilines is 1. The van der Waals surface area contributed by atoms with Gasteiger partial charge in [-0.15, -0.1) is 0 Å². The maximum atomic E-state index is 12.8. The van der Waals surface area contributed by atoms with Gasteiger partial charge in [-0.2, -0.15) is 4.31 Å². The lowest BCUT2D eigenvalue weighted by Crippen LogP contribution is -2.41. The lowest BCUT2D eigenvalue weighted by molar-refractivity contribution is -0.120. The average molecular weight is 455 g/mol. The fourth-order valence-corrected chi connectivity index (χ4v) is 4.90. The van der Waals surface area contributed by atoms with Crippen LogP contribution in [0.4, 0.5) is 5.69 Å². The standard InChI is InChI=1S/C19H23ClN4O5S/c1-12-21-17(11-23(12)2)30(27,28)24-8-6-13(7-9-24)18(25)22-16-10-14(19(26)29-3)4-5-15(16)20/h4-5,10-11,13H,6-9H2,1-3H3,(H,22,25). The van der Waals surface area contributed by atoms with Gasteiger partial charge in [0.1, 0.15) is 5.82 Å². The highest BCUT2D eigenvalue weighted by atomic mass is 35.5. The van der Waals surface area contributed by atoms with E-state index in [-0.39, 0.29) is 35.5 Å². The van der Waals surface area contributed by atoms with Gasteiger partial charge in [0, 0.05) is 32.3 Å². The van der Waals surface area contributed by atoms with Gasteiger partial charge >= 0.3 is 5.97 Å². The van der Waals surface area contributed by atoms with E-state index in [1.807, 2.05) is 0 Å². The Morgan fingerprint density at radius 1 is 1.27 bits per heavy atom. The molecule has 0 bridgehead atoms. The van der Waals surface area contributed by atoms with Crippen molar-refractivity contribution in [2.75, 3.05) is 25.5 Å². The Morgan fingerprint density at radius 2 is 1.93 bits per heavy atom. The molecule has 0 spiro atoms. The zero-order valence-electron chi connectivity index (χ0n) is 16.9. The fourth-order valence-electron chi connectivity index (χ4n) is 3.24. The molecular weight excluding hydrogens is 432 g/mol. The maximum absolute atomic E-state index is 12.8. The van der Waals surface area contributed by atoms with E-state index in [1.54, 1.807) is 18.5 Å². The monoisotopic (exact) mass is 454 g/mol. The van der Waals surface area contributed by atoms with E-state index in [4.69, 9.17) is 11.6 Å². The summed E-state index contributed by atoms with van der Waals surface area (Å²) in [6.45, 7) is 2.16. The third-order valence-corrected chi connectivity index (χ3v) is 7.26. The van der Waals surface area contributed by atoms with Crippen molar-refractivity contribution in [3.8, 4) is 0 Å². The number of aromatic nitrogens is 2. The molecule has 0 radical (unpaired) electrons. The van der Waals surface area contributed by atoms with Crippen LogP contribution in [0.2, 0.25) is 5.02 Å². The molecule has 0 saturated carbocycles. The Bertz CT molecular complexity index is 1060. The largest absolute Gasteiger partial charge is 0.465 e. The van der Waals surface area contributed by atoms with Crippen LogP contribution in [0, 0.1) is 12.8 Å². The van der Waals surface area contributed by atoms with E-state index >= 15 is 0 Å². The van der Waals surface area contributed by atoms with E-state index in [0.717, 1.165) is 0 Å².